The van der Waals surface area contributed by atoms with Crippen LogP contribution in [0, 0.1) is 10.8 Å². The van der Waals surface area contributed by atoms with Crippen molar-refractivity contribution in [2.75, 3.05) is 7.05 Å². The van der Waals surface area contributed by atoms with E-state index in [4.69, 9.17) is 0 Å². The van der Waals surface area contributed by atoms with Gasteiger partial charge in [-0.1, -0.05) is 41.5 Å². The van der Waals surface area contributed by atoms with Crippen LogP contribution in [0.15, 0.2) is 0 Å². The Kier molecular flexibility index (Phi) is 3.13. The van der Waals surface area contributed by atoms with Gasteiger partial charge < -0.3 is 5.32 Å². The highest BCUT2D eigenvalue weighted by atomic mass is 14.9. The molecule has 0 radical (unpaired) electrons. The minimum Gasteiger partial charge on any atom is -0.316 e. The second kappa shape index (κ2) is 3.14. The Labute approximate surface area is 71.6 Å². The monoisotopic (exact) mass is 157 g/mol. The molecule has 0 aliphatic heterocycles. The molecule has 0 heterocycles. The summed E-state index contributed by atoms with van der Waals surface area (Å²) in [4.78, 5) is 0. The fraction of sp³-hybridized carbons (Fsp3) is 1.00. The molecule has 0 aliphatic carbocycles. The van der Waals surface area contributed by atoms with Gasteiger partial charge >= 0.3 is 0 Å². The van der Waals surface area contributed by atoms with Crippen LogP contribution in [-0.2, 0) is 0 Å². The highest BCUT2D eigenvalue weighted by Gasteiger charge is 2.33. The molecular weight excluding hydrogens is 134 g/mol. The summed E-state index contributed by atoms with van der Waals surface area (Å²) in [6.07, 6.45) is 0. The Morgan fingerprint density at radius 1 is 0.818 bits per heavy atom. The van der Waals surface area contributed by atoms with Gasteiger partial charge in [-0.3, -0.25) is 0 Å². The summed E-state index contributed by atoms with van der Waals surface area (Å²) in [6.45, 7) is 13.7. The fourth-order valence-corrected chi connectivity index (χ4v) is 2.17. The highest BCUT2D eigenvalue weighted by molar-refractivity contribution is 4.88. The summed E-state index contributed by atoms with van der Waals surface area (Å²) < 4.78 is 0. The maximum Gasteiger partial charge on any atom is 0.0161 e. The van der Waals surface area contributed by atoms with E-state index in [0.717, 1.165) is 0 Å². The molecule has 0 rings (SSSR count). The molecular formula is C10H23N. The molecule has 1 N–H and O–H groups in total. The molecule has 0 aromatic heterocycles. The second-order valence-corrected chi connectivity index (χ2v) is 5.45. The van der Waals surface area contributed by atoms with Crippen molar-refractivity contribution >= 4 is 0 Å². The van der Waals surface area contributed by atoms with Gasteiger partial charge in [-0.05, 0) is 17.9 Å². The Morgan fingerprint density at radius 2 is 1.09 bits per heavy atom. The van der Waals surface area contributed by atoms with Crippen molar-refractivity contribution in [1.29, 1.82) is 0 Å². The van der Waals surface area contributed by atoms with Gasteiger partial charge in [0.25, 0.3) is 0 Å². The van der Waals surface area contributed by atoms with E-state index in [2.05, 4.69) is 46.9 Å². The van der Waals surface area contributed by atoms with Crippen LogP contribution in [0.5, 0.6) is 0 Å². The Hall–Kier alpha value is -0.0400. The maximum atomic E-state index is 3.38. The number of hydrogen-bond donors (Lipinski definition) is 1. The zero-order chi connectivity index (χ0) is 9.28. The molecule has 0 bridgehead atoms. The normalized spacial score (nSPS) is 14.2. The van der Waals surface area contributed by atoms with Crippen molar-refractivity contribution in [2.24, 2.45) is 10.8 Å². The predicted molar refractivity (Wildman–Crippen MR) is 51.8 cm³/mol. The van der Waals surface area contributed by atoms with Crippen molar-refractivity contribution in [3.05, 3.63) is 0 Å². The van der Waals surface area contributed by atoms with Gasteiger partial charge in [0.05, 0.1) is 0 Å². The molecule has 11 heavy (non-hydrogen) atoms. The van der Waals surface area contributed by atoms with E-state index in [1.807, 2.05) is 7.05 Å². The summed E-state index contributed by atoms with van der Waals surface area (Å²) in [6, 6.07) is 0.565. The van der Waals surface area contributed by atoms with E-state index in [-0.39, 0.29) is 0 Å². The first kappa shape index (κ1) is 11.0. The third-order valence-electron chi connectivity index (χ3n) is 2.02. The van der Waals surface area contributed by atoms with Crippen molar-refractivity contribution < 1.29 is 0 Å². The van der Waals surface area contributed by atoms with Crippen molar-refractivity contribution in [3.8, 4) is 0 Å². The number of hydrogen-bond acceptors (Lipinski definition) is 1. The second-order valence-electron chi connectivity index (χ2n) is 5.45. The standard InChI is InChI=1S/C10H23N/c1-9(2,3)8(11-7)10(4,5)6/h8,11H,1-7H3. The fourth-order valence-electron chi connectivity index (χ4n) is 2.17. The molecule has 0 saturated carbocycles. The molecule has 0 saturated heterocycles. The Balaban J connectivity index is 4.43. The molecule has 0 spiro atoms. The van der Waals surface area contributed by atoms with E-state index in [9.17, 15) is 0 Å². The molecule has 0 aliphatic rings. The average Bonchev–Trinajstić information content (AvgIpc) is 1.56. The van der Waals surface area contributed by atoms with Crippen LogP contribution in [0.2, 0.25) is 0 Å². The minimum absolute atomic E-state index is 0.340. The summed E-state index contributed by atoms with van der Waals surface area (Å²) in [5.41, 5.74) is 0.681. The third kappa shape index (κ3) is 3.24. The van der Waals surface area contributed by atoms with E-state index < -0.39 is 0 Å². The molecule has 0 amide bonds. The van der Waals surface area contributed by atoms with E-state index in [1.165, 1.54) is 0 Å². The zero-order valence-corrected chi connectivity index (χ0v) is 9.08. The smallest absolute Gasteiger partial charge is 0.0161 e. The van der Waals surface area contributed by atoms with Gasteiger partial charge in [0.15, 0.2) is 0 Å². The summed E-state index contributed by atoms with van der Waals surface area (Å²) in [5, 5.41) is 3.38. The van der Waals surface area contributed by atoms with Crippen LogP contribution in [0.4, 0.5) is 0 Å². The topological polar surface area (TPSA) is 12.0 Å². The maximum absolute atomic E-state index is 3.38. The summed E-state index contributed by atoms with van der Waals surface area (Å²) in [5.74, 6) is 0. The van der Waals surface area contributed by atoms with E-state index in [1.54, 1.807) is 0 Å². The molecule has 0 fully saturated rings. The predicted octanol–water partition coefficient (Wildman–Crippen LogP) is 2.67. The lowest BCUT2D eigenvalue weighted by Gasteiger charge is -2.40. The Bertz CT molecular complexity index is 99.8. The molecule has 0 atom stereocenters. The molecule has 1 nitrogen and oxygen atoms in total. The van der Waals surface area contributed by atoms with Gasteiger partial charge in [-0.25, -0.2) is 0 Å². The zero-order valence-electron chi connectivity index (χ0n) is 9.08. The molecule has 1 heteroatoms. The summed E-state index contributed by atoms with van der Waals surface area (Å²) in [7, 11) is 2.04. The van der Waals surface area contributed by atoms with Gasteiger partial charge in [-0.15, -0.1) is 0 Å². The molecule has 0 aromatic carbocycles. The van der Waals surface area contributed by atoms with Gasteiger partial charge in [-0.2, -0.15) is 0 Å². The van der Waals surface area contributed by atoms with Crippen LogP contribution >= 0.6 is 0 Å². The minimum atomic E-state index is 0.340. The molecule has 0 unspecified atom stereocenters. The summed E-state index contributed by atoms with van der Waals surface area (Å²) >= 11 is 0. The molecule has 68 valence electrons. The van der Waals surface area contributed by atoms with Crippen molar-refractivity contribution in [3.63, 3.8) is 0 Å². The molecule has 0 aromatic rings. The van der Waals surface area contributed by atoms with Crippen molar-refractivity contribution in [1.82, 2.24) is 5.32 Å². The van der Waals surface area contributed by atoms with Crippen LogP contribution < -0.4 is 5.32 Å². The van der Waals surface area contributed by atoms with Gasteiger partial charge in [0.2, 0.25) is 0 Å². The lowest BCUT2D eigenvalue weighted by atomic mass is 9.72. The van der Waals surface area contributed by atoms with E-state index >= 15 is 0 Å². The number of rotatable bonds is 1. The van der Waals surface area contributed by atoms with Gasteiger partial charge in [0, 0.05) is 6.04 Å². The largest absolute Gasteiger partial charge is 0.316 e. The first-order valence-corrected chi connectivity index (χ1v) is 4.37. The SMILES string of the molecule is CNC(C(C)(C)C)C(C)(C)C. The van der Waals surface area contributed by atoms with Crippen LogP contribution in [0.25, 0.3) is 0 Å². The quantitative estimate of drug-likeness (QED) is 0.617. The van der Waals surface area contributed by atoms with Crippen molar-refractivity contribution in [2.45, 2.75) is 47.6 Å². The lowest BCUT2D eigenvalue weighted by Crippen LogP contribution is -2.47. The third-order valence-corrected chi connectivity index (χ3v) is 2.02. The first-order chi connectivity index (χ1) is 4.69. The highest BCUT2D eigenvalue weighted by Crippen LogP contribution is 2.32. The first-order valence-electron chi connectivity index (χ1n) is 4.37. The Morgan fingerprint density at radius 3 is 1.09 bits per heavy atom. The average molecular weight is 157 g/mol. The number of nitrogens with one attached hydrogen (secondary N) is 1. The van der Waals surface area contributed by atoms with Gasteiger partial charge in [0.1, 0.15) is 0 Å². The lowest BCUT2D eigenvalue weighted by molar-refractivity contribution is 0.149. The van der Waals surface area contributed by atoms with Crippen LogP contribution in [0.1, 0.15) is 41.5 Å². The van der Waals surface area contributed by atoms with E-state index in [0.29, 0.717) is 16.9 Å². The van der Waals surface area contributed by atoms with Crippen LogP contribution in [-0.4, -0.2) is 13.1 Å². The van der Waals surface area contributed by atoms with Crippen LogP contribution in [0.3, 0.4) is 0 Å².